The molecule has 2 aromatic rings. The number of urea groups is 1. The van der Waals surface area contributed by atoms with Crippen LogP contribution in [0.5, 0.6) is 0 Å². The van der Waals surface area contributed by atoms with E-state index in [-0.39, 0.29) is 6.03 Å². The summed E-state index contributed by atoms with van der Waals surface area (Å²) >= 11 is 6.60. The fourth-order valence-corrected chi connectivity index (χ4v) is 3.73. The second-order valence-corrected chi connectivity index (χ2v) is 6.98. The minimum Gasteiger partial charge on any atom is -0.331 e. The fraction of sp³-hybridized carbons (Fsp3) is 0.333. The van der Waals surface area contributed by atoms with Crippen molar-refractivity contribution in [2.24, 2.45) is 0 Å². The van der Waals surface area contributed by atoms with Crippen LogP contribution in [-0.4, -0.2) is 23.0 Å². The maximum atomic E-state index is 11.9. The molecule has 1 N–H and O–H groups in total. The number of nitrogens with one attached hydrogen (secondary N) is 1. The number of aryl methyl sites for hydroxylation is 1. The molecule has 2 heterocycles. The van der Waals surface area contributed by atoms with Crippen molar-refractivity contribution in [1.29, 1.82) is 0 Å². The van der Waals surface area contributed by atoms with Crippen LogP contribution in [0.25, 0.3) is 0 Å². The summed E-state index contributed by atoms with van der Waals surface area (Å²) in [6, 6.07) is 1.94. The topological polar surface area (TPSA) is 45.2 Å². The van der Waals surface area contributed by atoms with Gasteiger partial charge in [0.2, 0.25) is 0 Å². The third-order valence-corrected chi connectivity index (χ3v) is 5.07. The monoisotopic (exact) mass is 359 g/mol. The zero-order valence-corrected chi connectivity index (χ0v) is 13.9. The number of rotatable bonds is 4. The van der Waals surface area contributed by atoms with Crippen molar-refractivity contribution in [3.05, 3.63) is 36.9 Å². The molecule has 0 saturated heterocycles. The van der Waals surface area contributed by atoms with Gasteiger partial charge in [-0.1, -0.05) is 0 Å². The highest BCUT2D eigenvalue weighted by molar-refractivity contribution is 9.10. The van der Waals surface area contributed by atoms with Crippen LogP contribution in [0.4, 0.5) is 4.79 Å². The van der Waals surface area contributed by atoms with Crippen LogP contribution < -0.4 is 5.32 Å². The van der Waals surface area contributed by atoms with Gasteiger partial charge in [-0.05, 0) is 28.9 Å². The number of carbonyl (C=O) groups is 1. The number of thiophene rings is 1. The SMILES string of the molecule is Cc1csc(CNC(=O)N(C)Cc2cc(Br)cs2)n1. The quantitative estimate of drug-likeness (QED) is 0.905. The van der Waals surface area contributed by atoms with E-state index in [4.69, 9.17) is 0 Å². The Morgan fingerprint density at radius 1 is 1.47 bits per heavy atom. The average Bonchev–Trinajstić information content (AvgIpc) is 2.95. The van der Waals surface area contributed by atoms with Gasteiger partial charge in [0.25, 0.3) is 0 Å². The van der Waals surface area contributed by atoms with Gasteiger partial charge in [0, 0.05) is 32.9 Å². The molecule has 0 aliphatic heterocycles. The van der Waals surface area contributed by atoms with Gasteiger partial charge < -0.3 is 10.2 Å². The molecule has 2 aromatic heterocycles. The predicted octanol–water partition coefficient (Wildman–Crippen LogP) is 3.62. The summed E-state index contributed by atoms with van der Waals surface area (Å²) in [5, 5.41) is 7.79. The van der Waals surface area contributed by atoms with E-state index in [2.05, 4.69) is 26.2 Å². The number of aromatic nitrogens is 1. The predicted molar refractivity (Wildman–Crippen MR) is 82.6 cm³/mol. The molecular formula is C12H14BrN3OS2. The van der Waals surface area contributed by atoms with Crippen LogP contribution in [0.1, 0.15) is 15.6 Å². The molecule has 0 fully saturated rings. The molecule has 4 nitrogen and oxygen atoms in total. The lowest BCUT2D eigenvalue weighted by atomic mass is 10.4. The molecule has 102 valence electrons. The lowest BCUT2D eigenvalue weighted by Gasteiger charge is -2.16. The lowest BCUT2D eigenvalue weighted by Crippen LogP contribution is -2.36. The van der Waals surface area contributed by atoms with Crippen molar-refractivity contribution in [2.45, 2.75) is 20.0 Å². The van der Waals surface area contributed by atoms with E-state index in [1.807, 2.05) is 23.8 Å². The fourth-order valence-electron chi connectivity index (χ4n) is 1.51. The van der Waals surface area contributed by atoms with E-state index in [1.165, 1.54) is 0 Å². The van der Waals surface area contributed by atoms with Gasteiger partial charge in [0.05, 0.1) is 13.1 Å². The van der Waals surface area contributed by atoms with Crippen molar-refractivity contribution in [2.75, 3.05) is 7.05 Å². The summed E-state index contributed by atoms with van der Waals surface area (Å²) < 4.78 is 1.06. The first kappa shape index (κ1) is 14.5. The summed E-state index contributed by atoms with van der Waals surface area (Å²) in [5.74, 6) is 0. The number of hydrogen-bond donors (Lipinski definition) is 1. The molecule has 2 amide bonds. The van der Waals surface area contributed by atoms with E-state index in [0.29, 0.717) is 13.1 Å². The number of amides is 2. The van der Waals surface area contributed by atoms with Crippen LogP contribution in [0.2, 0.25) is 0 Å². The first-order chi connectivity index (χ1) is 9.04. The van der Waals surface area contributed by atoms with Crippen molar-refractivity contribution in [1.82, 2.24) is 15.2 Å². The maximum absolute atomic E-state index is 11.9. The van der Waals surface area contributed by atoms with Crippen molar-refractivity contribution < 1.29 is 4.79 Å². The van der Waals surface area contributed by atoms with Crippen LogP contribution in [0.15, 0.2) is 21.3 Å². The molecule has 0 aromatic carbocycles. The zero-order valence-electron chi connectivity index (χ0n) is 10.6. The molecule has 19 heavy (non-hydrogen) atoms. The van der Waals surface area contributed by atoms with Gasteiger partial charge in [0.15, 0.2) is 0 Å². The summed E-state index contributed by atoms with van der Waals surface area (Å²) in [6.07, 6.45) is 0. The van der Waals surface area contributed by atoms with Gasteiger partial charge in [-0.15, -0.1) is 22.7 Å². The molecule has 7 heteroatoms. The van der Waals surface area contributed by atoms with Crippen molar-refractivity contribution >= 4 is 44.6 Å². The Kier molecular flexibility index (Phi) is 4.95. The van der Waals surface area contributed by atoms with Crippen LogP contribution in [-0.2, 0) is 13.1 Å². The summed E-state index contributed by atoms with van der Waals surface area (Å²) in [6.45, 7) is 3.04. The molecule has 0 bridgehead atoms. The molecule has 0 saturated carbocycles. The third kappa shape index (κ3) is 4.29. The van der Waals surface area contributed by atoms with Crippen LogP contribution in [0.3, 0.4) is 0 Å². The van der Waals surface area contributed by atoms with Gasteiger partial charge >= 0.3 is 6.03 Å². The lowest BCUT2D eigenvalue weighted by molar-refractivity contribution is 0.207. The zero-order chi connectivity index (χ0) is 13.8. The number of halogens is 1. The first-order valence-electron chi connectivity index (χ1n) is 5.67. The Morgan fingerprint density at radius 2 is 2.26 bits per heavy atom. The molecule has 2 rings (SSSR count). The molecule has 0 atom stereocenters. The Morgan fingerprint density at radius 3 is 2.84 bits per heavy atom. The second-order valence-electron chi connectivity index (χ2n) is 4.13. The van der Waals surface area contributed by atoms with Crippen LogP contribution >= 0.6 is 38.6 Å². The highest BCUT2D eigenvalue weighted by Crippen LogP contribution is 2.20. The molecule has 0 spiro atoms. The minimum absolute atomic E-state index is 0.0858. The van der Waals surface area contributed by atoms with E-state index >= 15 is 0 Å². The second kappa shape index (κ2) is 6.49. The van der Waals surface area contributed by atoms with E-state index in [1.54, 1.807) is 34.6 Å². The highest BCUT2D eigenvalue weighted by Gasteiger charge is 2.10. The minimum atomic E-state index is -0.0858. The Hall–Kier alpha value is -0.920. The van der Waals surface area contributed by atoms with Gasteiger partial charge in [-0.2, -0.15) is 0 Å². The van der Waals surface area contributed by atoms with E-state index in [9.17, 15) is 4.79 Å². The number of carbonyl (C=O) groups excluding carboxylic acids is 1. The Bertz CT molecular complexity index is 567. The number of hydrogen-bond acceptors (Lipinski definition) is 4. The van der Waals surface area contributed by atoms with Crippen molar-refractivity contribution in [3.8, 4) is 0 Å². The van der Waals surface area contributed by atoms with Gasteiger partial charge in [0.1, 0.15) is 5.01 Å². The Labute approximate surface area is 128 Å². The van der Waals surface area contributed by atoms with Crippen LogP contribution in [0, 0.1) is 6.92 Å². The largest absolute Gasteiger partial charge is 0.331 e. The van der Waals surface area contributed by atoms with Crippen molar-refractivity contribution in [3.63, 3.8) is 0 Å². The Balaban J connectivity index is 1.82. The normalized spacial score (nSPS) is 10.5. The van der Waals surface area contributed by atoms with E-state index < -0.39 is 0 Å². The highest BCUT2D eigenvalue weighted by atomic mass is 79.9. The first-order valence-corrected chi connectivity index (χ1v) is 8.22. The summed E-state index contributed by atoms with van der Waals surface area (Å²) in [4.78, 5) is 19.0. The van der Waals surface area contributed by atoms with E-state index in [0.717, 1.165) is 20.1 Å². The summed E-state index contributed by atoms with van der Waals surface area (Å²) in [5.41, 5.74) is 0.992. The molecule has 0 aliphatic carbocycles. The number of thiazole rings is 1. The standard InChI is InChI=1S/C12H14BrN3OS2/c1-8-6-19-11(15-8)4-14-12(17)16(2)5-10-3-9(13)7-18-10/h3,6-7H,4-5H2,1-2H3,(H,14,17). The third-order valence-electron chi connectivity index (χ3n) is 2.42. The molecule has 0 unspecified atom stereocenters. The smallest absolute Gasteiger partial charge is 0.317 e. The van der Waals surface area contributed by atoms with Gasteiger partial charge in [-0.3, -0.25) is 0 Å². The van der Waals surface area contributed by atoms with Gasteiger partial charge in [-0.25, -0.2) is 9.78 Å². The average molecular weight is 360 g/mol. The molecular weight excluding hydrogens is 346 g/mol. The summed E-state index contributed by atoms with van der Waals surface area (Å²) in [7, 11) is 1.79. The maximum Gasteiger partial charge on any atom is 0.317 e. The molecule has 0 radical (unpaired) electrons. The molecule has 0 aliphatic rings. The number of nitrogens with zero attached hydrogens (tertiary/aromatic N) is 2.